The van der Waals surface area contributed by atoms with Crippen LogP contribution in [0, 0.1) is 25.2 Å². The molecule has 0 bridgehead atoms. The number of anilines is 1. The average molecular weight is 450 g/mol. The van der Waals surface area contributed by atoms with Crippen molar-refractivity contribution in [1.82, 2.24) is 15.6 Å². The number of ether oxygens (including phenoxy) is 1. The fourth-order valence-corrected chi connectivity index (χ4v) is 4.27. The van der Waals surface area contributed by atoms with Gasteiger partial charge in [-0.1, -0.05) is 18.2 Å². The van der Waals surface area contributed by atoms with Gasteiger partial charge in [0.1, 0.15) is 23.7 Å². The number of amides is 2. The number of piperidine rings is 1. The van der Waals surface area contributed by atoms with Crippen molar-refractivity contribution in [3.63, 3.8) is 0 Å². The van der Waals surface area contributed by atoms with Gasteiger partial charge in [-0.05, 0) is 49.9 Å². The number of para-hydroxylation sites is 1. The second-order valence-electron chi connectivity index (χ2n) is 8.43. The summed E-state index contributed by atoms with van der Waals surface area (Å²) < 4.78 is 5.39. The normalized spacial score (nSPS) is 14.8. The highest BCUT2D eigenvalue weighted by Crippen LogP contribution is 2.25. The first-order chi connectivity index (χ1) is 15.8. The fraction of sp³-hybridized carbons (Fsp3) is 0.440. The third-order valence-corrected chi connectivity index (χ3v) is 5.89. The molecule has 3 rings (SSSR count). The Morgan fingerprint density at radius 1 is 1.27 bits per heavy atom. The molecule has 1 aromatic carbocycles. The quantitative estimate of drug-likeness (QED) is 0.672. The first-order valence-corrected chi connectivity index (χ1v) is 11.1. The standard InChI is InChI=1S/C25H31N5O3/c1-16-13-17(2)27-24(21(16)15-26)30-11-9-20(10-12-30)29-25(32)22(28-18(3)31)14-19-7-5-6-8-23(19)33-4/h5-8,13,20,22H,9-12,14H2,1-4H3,(H,28,31)(H,29,32)/t22-/m0/s1. The van der Waals surface area contributed by atoms with E-state index in [2.05, 4.69) is 26.6 Å². The first kappa shape index (κ1) is 24.1. The Bertz CT molecular complexity index is 1050. The van der Waals surface area contributed by atoms with E-state index < -0.39 is 6.04 Å². The highest BCUT2D eigenvalue weighted by molar-refractivity contribution is 5.87. The van der Waals surface area contributed by atoms with Gasteiger partial charge in [0.2, 0.25) is 11.8 Å². The van der Waals surface area contributed by atoms with E-state index in [1.165, 1.54) is 6.92 Å². The van der Waals surface area contributed by atoms with Gasteiger partial charge in [-0.25, -0.2) is 4.98 Å². The summed E-state index contributed by atoms with van der Waals surface area (Å²) in [5.74, 6) is 0.928. The Hall–Kier alpha value is -3.60. The maximum Gasteiger partial charge on any atom is 0.243 e. The van der Waals surface area contributed by atoms with Crippen molar-refractivity contribution in [3.8, 4) is 11.8 Å². The molecule has 0 unspecified atom stereocenters. The summed E-state index contributed by atoms with van der Waals surface area (Å²) in [5.41, 5.74) is 3.26. The van der Waals surface area contributed by atoms with E-state index in [0.29, 0.717) is 36.6 Å². The number of benzene rings is 1. The summed E-state index contributed by atoms with van der Waals surface area (Å²) in [6.07, 6.45) is 1.80. The minimum Gasteiger partial charge on any atom is -0.496 e. The van der Waals surface area contributed by atoms with Gasteiger partial charge in [0.25, 0.3) is 0 Å². The van der Waals surface area contributed by atoms with E-state index in [4.69, 9.17) is 4.74 Å². The molecule has 1 aromatic heterocycles. The number of rotatable bonds is 7. The van der Waals surface area contributed by atoms with Gasteiger partial charge in [0.05, 0.1) is 12.7 Å². The molecule has 174 valence electrons. The SMILES string of the molecule is COc1ccccc1C[C@H](NC(C)=O)C(=O)NC1CCN(c2nc(C)cc(C)c2C#N)CC1. The van der Waals surface area contributed by atoms with E-state index in [-0.39, 0.29) is 17.9 Å². The van der Waals surface area contributed by atoms with Gasteiger partial charge >= 0.3 is 0 Å². The number of nitrogens with one attached hydrogen (secondary N) is 2. The summed E-state index contributed by atoms with van der Waals surface area (Å²) >= 11 is 0. The first-order valence-electron chi connectivity index (χ1n) is 11.1. The fourth-order valence-electron chi connectivity index (χ4n) is 4.27. The predicted molar refractivity (Wildman–Crippen MR) is 126 cm³/mol. The van der Waals surface area contributed by atoms with E-state index in [1.54, 1.807) is 7.11 Å². The van der Waals surface area contributed by atoms with Crippen LogP contribution in [0.2, 0.25) is 0 Å². The Kier molecular flexibility index (Phi) is 7.88. The predicted octanol–water partition coefficient (Wildman–Crippen LogP) is 2.41. The van der Waals surface area contributed by atoms with Crippen molar-refractivity contribution in [2.24, 2.45) is 0 Å². The van der Waals surface area contributed by atoms with Crippen LogP contribution in [0.3, 0.4) is 0 Å². The lowest BCUT2D eigenvalue weighted by atomic mass is 10.0. The minimum absolute atomic E-state index is 0.0147. The van der Waals surface area contributed by atoms with Crippen molar-refractivity contribution in [3.05, 3.63) is 52.7 Å². The van der Waals surface area contributed by atoms with E-state index in [9.17, 15) is 14.9 Å². The van der Waals surface area contributed by atoms with Crippen LogP contribution in [0.25, 0.3) is 0 Å². The number of carbonyl (C=O) groups excluding carboxylic acids is 2. The van der Waals surface area contributed by atoms with Crippen molar-refractivity contribution >= 4 is 17.6 Å². The van der Waals surface area contributed by atoms with Crippen molar-refractivity contribution < 1.29 is 14.3 Å². The van der Waals surface area contributed by atoms with Gasteiger partial charge in [0, 0.05) is 38.2 Å². The Morgan fingerprint density at radius 2 is 1.97 bits per heavy atom. The maximum absolute atomic E-state index is 13.1. The lowest BCUT2D eigenvalue weighted by molar-refractivity contribution is -0.128. The van der Waals surface area contributed by atoms with Gasteiger partial charge in [-0.3, -0.25) is 9.59 Å². The number of carbonyl (C=O) groups is 2. The van der Waals surface area contributed by atoms with Gasteiger partial charge < -0.3 is 20.3 Å². The Balaban J connectivity index is 1.65. The Morgan fingerprint density at radius 3 is 2.61 bits per heavy atom. The molecule has 33 heavy (non-hydrogen) atoms. The number of methoxy groups -OCH3 is 1. The van der Waals surface area contributed by atoms with Crippen LogP contribution in [0.4, 0.5) is 5.82 Å². The number of hydrogen-bond donors (Lipinski definition) is 2. The summed E-state index contributed by atoms with van der Waals surface area (Å²) in [4.78, 5) is 31.5. The van der Waals surface area contributed by atoms with Crippen LogP contribution in [0.5, 0.6) is 5.75 Å². The van der Waals surface area contributed by atoms with Gasteiger partial charge in [-0.15, -0.1) is 0 Å². The average Bonchev–Trinajstić information content (AvgIpc) is 2.78. The highest BCUT2D eigenvalue weighted by Gasteiger charge is 2.27. The van der Waals surface area contributed by atoms with E-state index >= 15 is 0 Å². The van der Waals surface area contributed by atoms with Crippen molar-refractivity contribution in [2.75, 3.05) is 25.1 Å². The number of aryl methyl sites for hydroxylation is 2. The molecule has 2 aromatic rings. The third kappa shape index (κ3) is 6.01. The molecule has 0 saturated carbocycles. The Labute approximate surface area is 195 Å². The molecule has 1 aliphatic heterocycles. The smallest absolute Gasteiger partial charge is 0.243 e. The number of hydrogen-bond acceptors (Lipinski definition) is 6. The molecule has 0 radical (unpaired) electrons. The second kappa shape index (κ2) is 10.8. The van der Waals surface area contributed by atoms with Crippen LogP contribution in [0.1, 0.15) is 42.1 Å². The number of pyridine rings is 1. The van der Waals surface area contributed by atoms with Crippen LogP contribution in [-0.4, -0.2) is 49.1 Å². The molecule has 2 N–H and O–H groups in total. The summed E-state index contributed by atoms with van der Waals surface area (Å²) in [5, 5.41) is 15.4. The van der Waals surface area contributed by atoms with E-state index in [1.807, 2.05) is 44.2 Å². The molecule has 0 aliphatic carbocycles. The van der Waals surface area contributed by atoms with E-state index in [0.717, 1.165) is 29.7 Å². The zero-order chi connectivity index (χ0) is 24.0. The second-order valence-corrected chi connectivity index (χ2v) is 8.43. The third-order valence-electron chi connectivity index (χ3n) is 5.89. The molecule has 1 atom stereocenters. The molecule has 8 heteroatoms. The van der Waals surface area contributed by atoms with Crippen LogP contribution in [-0.2, 0) is 16.0 Å². The molecular weight excluding hydrogens is 418 g/mol. The van der Waals surface area contributed by atoms with Crippen molar-refractivity contribution in [1.29, 1.82) is 5.26 Å². The number of aromatic nitrogens is 1. The molecule has 2 amide bonds. The zero-order valence-electron chi connectivity index (χ0n) is 19.6. The molecule has 0 spiro atoms. The number of nitriles is 1. The molecular formula is C25H31N5O3. The van der Waals surface area contributed by atoms with Crippen LogP contribution in [0.15, 0.2) is 30.3 Å². The number of nitrogens with zero attached hydrogens (tertiary/aromatic N) is 3. The largest absolute Gasteiger partial charge is 0.496 e. The lowest BCUT2D eigenvalue weighted by Crippen LogP contribution is -2.52. The molecule has 1 fully saturated rings. The summed E-state index contributed by atoms with van der Waals surface area (Å²) in [6.45, 7) is 6.63. The highest BCUT2D eigenvalue weighted by atomic mass is 16.5. The molecule has 2 heterocycles. The van der Waals surface area contributed by atoms with Crippen LogP contribution < -0.4 is 20.3 Å². The van der Waals surface area contributed by atoms with Crippen LogP contribution >= 0.6 is 0 Å². The monoisotopic (exact) mass is 449 g/mol. The van der Waals surface area contributed by atoms with Gasteiger partial charge in [0.15, 0.2) is 0 Å². The maximum atomic E-state index is 13.1. The zero-order valence-corrected chi connectivity index (χ0v) is 19.6. The molecule has 8 nitrogen and oxygen atoms in total. The molecule has 1 saturated heterocycles. The van der Waals surface area contributed by atoms with Crippen molar-refractivity contribution in [2.45, 2.75) is 52.1 Å². The lowest BCUT2D eigenvalue weighted by Gasteiger charge is -2.34. The van der Waals surface area contributed by atoms with Gasteiger partial charge in [-0.2, -0.15) is 5.26 Å². The minimum atomic E-state index is -0.692. The summed E-state index contributed by atoms with van der Waals surface area (Å²) in [7, 11) is 1.59. The molecule has 1 aliphatic rings. The topological polar surface area (TPSA) is 107 Å². The summed E-state index contributed by atoms with van der Waals surface area (Å²) in [6, 6.07) is 11.0.